The van der Waals surface area contributed by atoms with E-state index in [1.807, 2.05) is 6.07 Å². The highest BCUT2D eigenvalue weighted by molar-refractivity contribution is 5.83. The van der Waals surface area contributed by atoms with Crippen molar-refractivity contribution >= 4 is 5.78 Å². The molecule has 4 nitrogen and oxygen atoms in total. The second kappa shape index (κ2) is 6.91. The molecule has 0 aromatic heterocycles. The first kappa shape index (κ1) is 16.3. The first-order valence-electron chi connectivity index (χ1n) is 8.70. The minimum absolute atomic E-state index is 0.212. The number of benzene rings is 1. The summed E-state index contributed by atoms with van der Waals surface area (Å²) in [5.41, 5.74) is 2.46. The molecule has 23 heavy (non-hydrogen) atoms. The molecule has 0 saturated carbocycles. The molecule has 1 fully saturated rings. The molecule has 4 heteroatoms. The summed E-state index contributed by atoms with van der Waals surface area (Å²) in [7, 11) is 3.36. The molecular weight excluding hydrogens is 290 g/mol. The van der Waals surface area contributed by atoms with Crippen LogP contribution in [0, 0.1) is 5.92 Å². The maximum absolute atomic E-state index is 12.6. The van der Waals surface area contributed by atoms with E-state index in [0.717, 1.165) is 50.3 Å². The topological polar surface area (TPSA) is 38.8 Å². The van der Waals surface area contributed by atoms with Crippen LogP contribution in [-0.4, -0.2) is 38.0 Å². The maximum Gasteiger partial charge on any atom is 0.164 e. The number of ether oxygens (including phenoxy) is 2. The Bertz CT molecular complexity index is 584. The van der Waals surface area contributed by atoms with E-state index in [1.54, 1.807) is 14.2 Å². The zero-order chi connectivity index (χ0) is 16.4. The molecule has 0 aliphatic carbocycles. The zero-order valence-corrected chi connectivity index (χ0v) is 14.4. The fourth-order valence-electron chi connectivity index (χ4n) is 4.09. The molecule has 2 unspecified atom stereocenters. The number of ketones is 1. The summed E-state index contributed by atoms with van der Waals surface area (Å²) in [4.78, 5) is 15.1. The number of unbranched alkanes of at least 4 members (excludes halogenated alkanes) is 1. The highest BCUT2D eigenvalue weighted by atomic mass is 16.5. The highest BCUT2D eigenvalue weighted by Crippen LogP contribution is 2.44. The maximum atomic E-state index is 12.6. The Hall–Kier alpha value is -1.55. The predicted molar refractivity (Wildman–Crippen MR) is 90.2 cm³/mol. The van der Waals surface area contributed by atoms with Crippen molar-refractivity contribution in [2.24, 2.45) is 5.92 Å². The molecular formula is C19H27NO3. The van der Waals surface area contributed by atoms with Crippen LogP contribution in [0.1, 0.15) is 49.8 Å². The number of hydrogen-bond acceptors (Lipinski definition) is 4. The number of carbonyl (C=O) groups excluding carboxylic acids is 1. The van der Waals surface area contributed by atoms with Gasteiger partial charge in [0.2, 0.25) is 0 Å². The Morgan fingerprint density at radius 2 is 2.09 bits per heavy atom. The van der Waals surface area contributed by atoms with Gasteiger partial charge in [0.15, 0.2) is 11.5 Å². The fourth-order valence-corrected chi connectivity index (χ4v) is 4.09. The third-order valence-corrected chi connectivity index (χ3v) is 5.34. The van der Waals surface area contributed by atoms with E-state index in [9.17, 15) is 4.79 Å². The summed E-state index contributed by atoms with van der Waals surface area (Å²) in [6, 6.07) is 4.30. The van der Waals surface area contributed by atoms with Gasteiger partial charge in [0.1, 0.15) is 5.78 Å². The molecule has 126 valence electrons. The Labute approximate surface area is 138 Å². The van der Waals surface area contributed by atoms with Crippen LogP contribution in [0.15, 0.2) is 12.1 Å². The first-order valence-corrected chi connectivity index (χ1v) is 8.70. The third-order valence-electron chi connectivity index (χ3n) is 5.34. The van der Waals surface area contributed by atoms with Gasteiger partial charge < -0.3 is 9.47 Å². The normalized spacial score (nSPS) is 24.0. The molecule has 0 radical (unpaired) electrons. The molecule has 2 aliphatic rings. The van der Waals surface area contributed by atoms with E-state index in [-0.39, 0.29) is 12.0 Å². The van der Waals surface area contributed by atoms with Gasteiger partial charge >= 0.3 is 0 Å². The number of piperidine rings is 1. The van der Waals surface area contributed by atoms with Gasteiger partial charge in [-0.05, 0) is 24.5 Å². The van der Waals surface area contributed by atoms with Crippen LogP contribution in [-0.2, 0) is 11.2 Å². The molecule has 1 saturated heterocycles. The quantitative estimate of drug-likeness (QED) is 0.834. The van der Waals surface area contributed by atoms with Crippen molar-refractivity contribution < 1.29 is 14.3 Å². The summed E-state index contributed by atoms with van der Waals surface area (Å²) in [6.45, 7) is 4.10. The summed E-state index contributed by atoms with van der Waals surface area (Å²) >= 11 is 0. The summed E-state index contributed by atoms with van der Waals surface area (Å²) < 4.78 is 11.0. The number of rotatable bonds is 5. The van der Waals surface area contributed by atoms with Crippen molar-refractivity contribution in [1.82, 2.24) is 4.90 Å². The van der Waals surface area contributed by atoms with Gasteiger partial charge in [-0.25, -0.2) is 0 Å². The lowest BCUT2D eigenvalue weighted by atomic mass is 9.81. The lowest BCUT2D eigenvalue weighted by Gasteiger charge is -2.43. The van der Waals surface area contributed by atoms with Gasteiger partial charge in [-0.3, -0.25) is 9.69 Å². The SMILES string of the molecule is CCCCC1CN2CCc3c(ccc(OC)c3OC)C2CC1=O. The Kier molecular flexibility index (Phi) is 4.90. The minimum atomic E-state index is 0.212. The van der Waals surface area contributed by atoms with Crippen LogP contribution in [0.5, 0.6) is 11.5 Å². The van der Waals surface area contributed by atoms with E-state index < -0.39 is 0 Å². The second-order valence-electron chi connectivity index (χ2n) is 6.64. The smallest absolute Gasteiger partial charge is 0.164 e. The largest absolute Gasteiger partial charge is 0.493 e. The van der Waals surface area contributed by atoms with E-state index in [1.165, 1.54) is 11.1 Å². The van der Waals surface area contributed by atoms with Crippen molar-refractivity contribution in [3.63, 3.8) is 0 Å². The molecule has 2 heterocycles. The lowest BCUT2D eigenvalue weighted by Crippen LogP contribution is -2.46. The second-order valence-corrected chi connectivity index (χ2v) is 6.64. The van der Waals surface area contributed by atoms with Crippen LogP contribution in [0.3, 0.4) is 0 Å². The molecule has 3 rings (SSSR count). The Morgan fingerprint density at radius 1 is 1.26 bits per heavy atom. The lowest BCUT2D eigenvalue weighted by molar-refractivity contribution is -0.129. The summed E-state index contributed by atoms with van der Waals surface area (Å²) in [5, 5.41) is 0. The van der Waals surface area contributed by atoms with Crippen LogP contribution < -0.4 is 9.47 Å². The van der Waals surface area contributed by atoms with E-state index in [0.29, 0.717) is 12.2 Å². The molecule has 2 aliphatic heterocycles. The van der Waals surface area contributed by atoms with Gasteiger partial charge in [0.05, 0.1) is 14.2 Å². The molecule has 0 spiro atoms. The monoisotopic (exact) mass is 317 g/mol. The number of Topliss-reactive ketones (excluding diaryl/α,β-unsaturated/α-hetero) is 1. The van der Waals surface area contributed by atoms with Gasteiger partial charge in [-0.1, -0.05) is 25.8 Å². The summed E-state index contributed by atoms with van der Waals surface area (Å²) in [5.74, 6) is 2.28. The van der Waals surface area contributed by atoms with Crippen molar-refractivity contribution in [2.75, 3.05) is 27.3 Å². The van der Waals surface area contributed by atoms with Gasteiger partial charge in [0, 0.05) is 37.0 Å². The number of fused-ring (bicyclic) bond motifs is 3. The van der Waals surface area contributed by atoms with Crippen LogP contribution >= 0.6 is 0 Å². The van der Waals surface area contributed by atoms with Crippen LogP contribution in [0.2, 0.25) is 0 Å². The van der Waals surface area contributed by atoms with Crippen molar-refractivity contribution in [2.45, 2.75) is 45.1 Å². The Morgan fingerprint density at radius 3 is 2.78 bits per heavy atom. The molecule has 0 bridgehead atoms. The van der Waals surface area contributed by atoms with Gasteiger partial charge in [-0.15, -0.1) is 0 Å². The zero-order valence-electron chi connectivity index (χ0n) is 14.4. The molecule has 0 amide bonds. The molecule has 0 N–H and O–H groups in total. The summed E-state index contributed by atoms with van der Waals surface area (Å²) in [6.07, 6.45) is 4.94. The van der Waals surface area contributed by atoms with E-state index in [2.05, 4.69) is 17.9 Å². The van der Waals surface area contributed by atoms with E-state index in [4.69, 9.17) is 9.47 Å². The third kappa shape index (κ3) is 2.97. The fraction of sp³-hybridized carbons (Fsp3) is 0.632. The molecule has 1 aromatic rings. The Balaban J connectivity index is 1.87. The predicted octanol–water partition coefficient (Wildman–Crippen LogP) is 3.38. The number of methoxy groups -OCH3 is 2. The van der Waals surface area contributed by atoms with Crippen molar-refractivity contribution in [1.29, 1.82) is 0 Å². The van der Waals surface area contributed by atoms with Crippen molar-refractivity contribution in [3.8, 4) is 11.5 Å². The van der Waals surface area contributed by atoms with Crippen molar-refractivity contribution in [3.05, 3.63) is 23.3 Å². The van der Waals surface area contributed by atoms with E-state index >= 15 is 0 Å². The molecule has 1 aromatic carbocycles. The first-order chi connectivity index (χ1) is 11.2. The number of hydrogen-bond donors (Lipinski definition) is 0. The van der Waals surface area contributed by atoms with Gasteiger partial charge in [0.25, 0.3) is 0 Å². The standard InChI is InChI=1S/C19H27NO3/c1-4-5-6-13-12-20-10-9-15-14(16(20)11-17(13)21)7-8-18(22-2)19(15)23-3/h7-8,13,16H,4-6,9-12H2,1-3H3. The highest BCUT2D eigenvalue weighted by Gasteiger charge is 2.38. The number of carbonyl (C=O) groups is 1. The average Bonchev–Trinajstić information content (AvgIpc) is 2.58. The molecule has 2 atom stereocenters. The average molecular weight is 317 g/mol. The number of nitrogens with zero attached hydrogens (tertiary/aromatic N) is 1. The van der Waals surface area contributed by atoms with Crippen LogP contribution in [0.25, 0.3) is 0 Å². The van der Waals surface area contributed by atoms with Gasteiger partial charge in [-0.2, -0.15) is 0 Å². The minimum Gasteiger partial charge on any atom is -0.493 e. The van der Waals surface area contributed by atoms with Crippen LogP contribution in [0.4, 0.5) is 0 Å².